The van der Waals surface area contributed by atoms with E-state index >= 15 is 0 Å². The Kier molecular flexibility index (Phi) is 5.49. The van der Waals surface area contributed by atoms with Gasteiger partial charge in [0.25, 0.3) is 5.91 Å². The lowest BCUT2D eigenvalue weighted by Crippen LogP contribution is -2.52. The van der Waals surface area contributed by atoms with Gasteiger partial charge in [-0.2, -0.15) is 0 Å². The van der Waals surface area contributed by atoms with Crippen molar-refractivity contribution in [2.75, 3.05) is 39.8 Å². The smallest absolute Gasteiger partial charge is 0.253 e. The SMILES string of the molecule is CNCC(C)C(=O)N1CCN(C(=O)c2ccc(F)cc2)CC1. The van der Waals surface area contributed by atoms with Gasteiger partial charge in [-0.05, 0) is 31.3 Å². The second-order valence-corrected chi connectivity index (χ2v) is 5.58. The lowest BCUT2D eigenvalue weighted by molar-refractivity contribution is -0.136. The normalized spacial score (nSPS) is 16.5. The monoisotopic (exact) mass is 307 g/mol. The lowest BCUT2D eigenvalue weighted by Gasteiger charge is -2.36. The molecule has 6 heteroatoms. The topological polar surface area (TPSA) is 52.7 Å². The molecule has 1 fully saturated rings. The Labute approximate surface area is 130 Å². The van der Waals surface area contributed by atoms with Crippen LogP contribution in [0.4, 0.5) is 4.39 Å². The Balaban J connectivity index is 1.90. The number of rotatable bonds is 4. The summed E-state index contributed by atoms with van der Waals surface area (Å²) in [4.78, 5) is 28.0. The molecule has 120 valence electrons. The zero-order valence-corrected chi connectivity index (χ0v) is 13.0. The maximum absolute atomic E-state index is 12.9. The molecular weight excluding hydrogens is 285 g/mol. The molecule has 1 saturated heterocycles. The number of piperazine rings is 1. The molecule has 1 N–H and O–H groups in total. The van der Waals surface area contributed by atoms with E-state index < -0.39 is 0 Å². The van der Waals surface area contributed by atoms with Gasteiger partial charge in [0.15, 0.2) is 0 Å². The molecule has 1 unspecified atom stereocenters. The van der Waals surface area contributed by atoms with Gasteiger partial charge in [-0.3, -0.25) is 9.59 Å². The molecule has 2 amide bonds. The van der Waals surface area contributed by atoms with Crippen molar-refractivity contribution >= 4 is 11.8 Å². The first-order valence-electron chi connectivity index (χ1n) is 7.51. The highest BCUT2D eigenvalue weighted by molar-refractivity contribution is 5.94. The summed E-state index contributed by atoms with van der Waals surface area (Å²) in [5, 5.41) is 3.00. The van der Waals surface area contributed by atoms with E-state index in [0.29, 0.717) is 38.3 Å². The molecule has 1 aliphatic rings. The molecule has 0 aliphatic carbocycles. The molecule has 22 heavy (non-hydrogen) atoms. The number of nitrogens with zero attached hydrogens (tertiary/aromatic N) is 2. The Morgan fingerprint density at radius 2 is 1.68 bits per heavy atom. The summed E-state index contributed by atoms with van der Waals surface area (Å²) in [7, 11) is 1.82. The van der Waals surface area contributed by atoms with E-state index in [2.05, 4.69) is 5.32 Å². The first-order chi connectivity index (χ1) is 10.5. The molecule has 0 saturated carbocycles. The Morgan fingerprint density at radius 3 is 2.23 bits per heavy atom. The maximum Gasteiger partial charge on any atom is 0.253 e. The Hall–Kier alpha value is -1.95. The van der Waals surface area contributed by atoms with Crippen LogP contribution in [-0.4, -0.2) is 61.4 Å². The van der Waals surface area contributed by atoms with Crippen LogP contribution in [0.5, 0.6) is 0 Å². The number of hydrogen-bond acceptors (Lipinski definition) is 3. The van der Waals surface area contributed by atoms with Crippen molar-refractivity contribution in [2.45, 2.75) is 6.92 Å². The molecule has 1 atom stereocenters. The van der Waals surface area contributed by atoms with Crippen LogP contribution >= 0.6 is 0 Å². The van der Waals surface area contributed by atoms with Crippen LogP contribution < -0.4 is 5.32 Å². The number of hydrogen-bond donors (Lipinski definition) is 1. The highest BCUT2D eigenvalue weighted by Gasteiger charge is 2.27. The molecule has 1 aromatic carbocycles. The van der Waals surface area contributed by atoms with Crippen molar-refractivity contribution in [2.24, 2.45) is 5.92 Å². The van der Waals surface area contributed by atoms with Crippen LogP contribution in [0.2, 0.25) is 0 Å². The molecule has 0 bridgehead atoms. The third kappa shape index (κ3) is 3.82. The average molecular weight is 307 g/mol. The van der Waals surface area contributed by atoms with Gasteiger partial charge in [-0.15, -0.1) is 0 Å². The fourth-order valence-electron chi connectivity index (χ4n) is 2.61. The first-order valence-corrected chi connectivity index (χ1v) is 7.51. The van der Waals surface area contributed by atoms with E-state index in [9.17, 15) is 14.0 Å². The van der Waals surface area contributed by atoms with Crippen molar-refractivity contribution in [3.8, 4) is 0 Å². The van der Waals surface area contributed by atoms with E-state index in [1.165, 1.54) is 24.3 Å². The van der Waals surface area contributed by atoms with Crippen molar-refractivity contribution in [1.29, 1.82) is 0 Å². The Bertz CT molecular complexity index is 525. The zero-order valence-electron chi connectivity index (χ0n) is 13.0. The summed E-state index contributed by atoms with van der Waals surface area (Å²) >= 11 is 0. The van der Waals surface area contributed by atoms with Crippen molar-refractivity contribution in [1.82, 2.24) is 15.1 Å². The third-order valence-corrected chi connectivity index (χ3v) is 3.90. The summed E-state index contributed by atoms with van der Waals surface area (Å²) in [5.74, 6) is -0.423. The van der Waals surface area contributed by atoms with Gasteiger partial charge in [-0.1, -0.05) is 6.92 Å². The number of carbonyl (C=O) groups is 2. The van der Waals surface area contributed by atoms with E-state index in [0.717, 1.165) is 0 Å². The van der Waals surface area contributed by atoms with Crippen LogP contribution in [-0.2, 0) is 4.79 Å². The minimum atomic E-state index is -0.356. The lowest BCUT2D eigenvalue weighted by atomic mass is 10.1. The van der Waals surface area contributed by atoms with Gasteiger partial charge in [0.05, 0.1) is 0 Å². The van der Waals surface area contributed by atoms with E-state index in [1.807, 2.05) is 14.0 Å². The number of nitrogens with one attached hydrogen (secondary N) is 1. The third-order valence-electron chi connectivity index (χ3n) is 3.90. The van der Waals surface area contributed by atoms with E-state index in [1.54, 1.807) is 9.80 Å². The fourth-order valence-corrected chi connectivity index (χ4v) is 2.61. The molecular formula is C16H22FN3O2. The number of benzene rings is 1. The second-order valence-electron chi connectivity index (χ2n) is 5.58. The van der Waals surface area contributed by atoms with Gasteiger partial charge in [0, 0.05) is 44.2 Å². The molecule has 1 aliphatic heterocycles. The molecule has 0 radical (unpaired) electrons. The molecule has 1 aromatic rings. The summed E-state index contributed by atoms with van der Waals surface area (Å²) in [6.45, 7) is 4.64. The van der Waals surface area contributed by atoms with Crippen LogP contribution in [0.25, 0.3) is 0 Å². The van der Waals surface area contributed by atoms with Gasteiger partial charge < -0.3 is 15.1 Å². The quantitative estimate of drug-likeness (QED) is 0.902. The minimum Gasteiger partial charge on any atom is -0.339 e. The van der Waals surface area contributed by atoms with Crippen LogP contribution in [0, 0.1) is 11.7 Å². The second kappa shape index (κ2) is 7.35. The summed E-state index contributed by atoms with van der Waals surface area (Å²) in [6.07, 6.45) is 0. The number of amides is 2. The van der Waals surface area contributed by atoms with Crippen LogP contribution in [0.3, 0.4) is 0 Å². The highest BCUT2D eigenvalue weighted by atomic mass is 19.1. The standard InChI is InChI=1S/C16H22FN3O2/c1-12(11-18-2)15(21)19-7-9-20(10-8-19)16(22)13-3-5-14(17)6-4-13/h3-6,12,18H,7-11H2,1-2H3. The zero-order chi connectivity index (χ0) is 16.1. The summed E-state index contributed by atoms with van der Waals surface area (Å²) < 4.78 is 12.9. The predicted octanol–water partition coefficient (Wildman–Crippen LogP) is 0.966. The van der Waals surface area contributed by atoms with E-state index in [-0.39, 0.29) is 23.5 Å². The minimum absolute atomic E-state index is 0.0654. The van der Waals surface area contributed by atoms with Gasteiger partial charge in [0.1, 0.15) is 5.82 Å². The highest BCUT2D eigenvalue weighted by Crippen LogP contribution is 2.11. The molecule has 5 nitrogen and oxygen atoms in total. The largest absolute Gasteiger partial charge is 0.339 e. The molecule has 2 rings (SSSR count). The summed E-state index contributed by atoms with van der Waals surface area (Å²) in [6, 6.07) is 5.55. The van der Waals surface area contributed by atoms with Crippen molar-refractivity contribution in [3.05, 3.63) is 35.6 Å². The van der Waals surface area contributed by atoms with Gasteiger partial charge >= 0.3 is 0 Å². The van der Waals surface area contributed by atoms with Crippen LogP contribution in [0.15, 0.2) is 24.3 Å². The van der Waals surface area contributed by atoms with E-state index in [4.69, 9.17) is 0 Å². The number of carbonyl (C=O) groups excluding carboxylic acids is 2. The maximum atomic E-state index is 12.9. The van der Waals surface area contributed by atoms with Crippen molar-refractivity contribution in [3.63, 3.8) is 0 Å². The Morgan fingerprint density at radius 1 is 1.14 bits per heavy atom. The average Bonchev–Trinajstić information content (AvgIpc) is 2.54. The molecule has 1 heterocycles. The van der Waals surface area contributed by atoms with Gasteiger partial charge in [-0.25, -0.2) is 4.39 Å². The first kappa shape index (κ1) is 16.4. The summed E-state index contributed by atoms with van der Waals surface area (Å²) in [5.41, 5.74) is 0.477. The number of halogens is 1. The van der Waals surface area contributed by atoms with Crippen LogP contribution in [0.1, 0.15) is 17.3 Å². The molecule has 0 spiro atoms. The molecule has 0 aromatic heterocycles. The van der Waals surface area contributed by atoms with Crippen molar-refractivity contribution < 1.29 is 14.0 Å². The predicted molar refractivity (Wildman–Crippen MR) is 82.0 cm³/mol. The fraction of sp³-hybridized carbons (Fsp3) is 0.500. The van der Waals surface area contributed by atoms with Gasteiger partial charge in [0.2, 0.25) is 5.91 Å².